The van der Waals surface area contributed by atoms with Crippen LogP contribution in [-0.4, -0.2) is 48.7 Å². The molecule has 0 fully saturated rings. The van der Waals surface area contributed by atoms with Gasteiger partial charge in [-0.05, 0) is 25.8 Å². The number of sulfonamides is 1. The van der Waals surface area contributed by atoms with Crippen molar-refractivity contribution in [1.82, 2.24) is 4.31 Å². The minimum atomic E-state index is -3.59. The first kappa shape index (κ1) is 18.6. The third-order valence-electron chi connectivity index (χ3n) is 3.03. The molecule has 0 aliphatic heterocycles. The molecule has 0 aliphatic rings. The lowest BCUT2D eigenvalue weighted by molar-refractivity contribution is -0.137. The van der Waals surface area contributed by atoms with Gasteiger partial charge in [-0.15, -0.1) is 0 Å². The molecular formula is C15H23NO5S. The zero-order valence-electron chi connectivity index (χ0n) is 12.9. The van der Waals surface area contributed by atoms with Crippen LogP contribution in [0.15, 0.2) is 30.3 Å². The van der Waals surface area contributed by atoms with Crippen LogP contribution in [0.25, 0.3) is 0 Å². The lowest BCUT2D eigenvalue weighted by Gasteiger charge is -2.24. The maximum atomic E-state index is 12.1. The summed E-state index contributed by atoms with van der Waals surface area (Å²) in [5.41, 5.74) is 1.03. The van der Waals surface area contributed by atoms with E-state index < -0.39 is 22.5 Å². The maximum Gasteiger partial charge on any atom is 0.318 e. The Balaban J connectivity index is 2.39. The number of hydrogen-bond acceptors (Lipinski definition) is 4. The third kappa shape index (κ3) is 6.55. The monoisotopic (exact) mass is 329 g/mol. The van der Waals surface area contributed by atoms with Gasteiger partial charge in [0.25, 0.3) is 0 Å². The first-order valence-electron chi connectivity index (χ1n) is 7.16. The Kier molecular flexibility index (Phi) is 7.50. The van der Waals surface area contributed by atoms with Crippen LogP contribution in [-0.2, 0) is 26.2 Å². The summed E-state index contributed by atoms with van der Waals surface area (Å²) in [6.07, 6.45) is 0.331. The van der Waals surface area contributed by atoms with E-state index in [9.17, 15) is 13.2 Å². The fourth-order valence-electron chi connectivity index (χ4n) is 1.96. The highest BCUT2D eigenvalue weighted by atomic mass is 32.2. The molecule has 0 unspecified atom stereocenters. The number of ether oxygens (including phenoxy) is 1. The van der Waals surface area contributed by atoms with Gasteiger partial charge < -0.3 is 9.84 Å². The molecule has 0 saturated carbocycles. The molecule has 0 spiro atoms. The molecule has 0 aliphatic carbocycles. The summed E-state index contributed by atoms with van der Waals surface area (Å²) in [4.78, 5) is 10.8. The molecule has 0 heterocycles. The highest BCUT2D eigenvalue weighted by Crippen LogP contribution is 2.09. The summed E-state index contributed by atoms with van der Waals surface area (Å²) in [6.45, 7) is 3.56. The molecule has 1 rings (SSSR count). The summed E-state index contributed by atoms with van der Waals surface area (Å²) in [7, 11) is -3.59. The Morgan fingerprint density at radius 2 is 1.91 bits per heavy atom. The minimum Gasteiger partial charge on any atom is -0.480 e. The summed E-state index contributed by atoms with van der Waals surface area (Å²) in [5, 5.41) is 8.80. The second-order valence-electron chi connectivity index (χ2n) is 5.24. The van der Waals surface area contributed by atoms with E-state index in [1.54, 1.807) is 13.8 Å². The van der Waals surface area contributed by atoms with Gasteiger partial charge in [-0.1, -0.05) is 30.3 Å². The van der Waals surface area contributed by atoms with E-state index >= 15 is 0 Å². The van der Waals surface area contributed by atoms with Crippen molar-refractivity contribution in [1.29, 1.82) is 0 Å². The van der Waals surface area contributed by atoms with E-state index in [0.29, 0.717) is 19.6 Å². The van der Waals surface area contributed by atoms with Crippen molar-refractivity contribution in [2.75, 3.05) is 18.9 Å². The first-order valence-corrected chi connectivity index (χ1v) is 8.77. The van der Waals surface area contributed by atoms with Gasteiger partial charge in [-0.2, -0.15) is 4.31 Å². The highest BCUT2D eigenvalue weighted by molar-refractivity contribution is 7.89. The second kappa shape index (κ2) is 8.87. The van der Waals surface area contributed by atoms with Crippen molar-refractivity contribution >= 4 is 16.0 Å². The normalized spacial score (nSPS) is 12.0. The van der Waals surface area contributed by atoms with Gasteiger partial charge in [-0.25, -0.2) is 8.42 Å². The molecule has 7 heteroatoms. The fourth-order valence-corrected chi connectivity index (χ4v) is 3.63. The summed E-state index contributed by atoms with van der Waals surface area (Å²) < 4.78 is 30.7. The van der Waals surface area contributed by atoms with Crippen molar-refractivity contribution in [3.05, 3.63) is 35.9 Å². The number of rotatable bonds is 10. The van der Waals surface area contributed by atoms with Crippen LogP contribution in [0.2, 0.25) is 0 Å². The molecule has 6 nitrogen and oxygen atoms in total. The van der Waals surface area contributed by atoms with E-state index in [2.05, 4.69) is 0 Å². The number of aliphatic carboxylic acids is 1. The smallest absolute Gasteiger partial charge is 0.318 e. The molecule has 0 bridgehead atoms. The SMILES string of the molecule is CC(C)N(CC(=O)O)S(=O)(=O)CCCOCc1ccccc1. The topological polar surface area (TPSA) is 83.9 Å². The summed E-state index contributed by atoms with van der Waals surface area (Å²) in [6, 6.07) is 9.23. The van der Waals surface area contributed by atoms with Gasteiger partial charge in [0.15, 0.2) is 0 Å². The number of hydrogen-bond donors (Lipinski definition) is 1. The lowest BCUT2D eigenvalue weighted by atomic mass is 10.2. The van der Waals surface area contributed by atoms with E-state index in [4.69, 9.17) is 9.84 Å². The average Bonchev–Trinajstić information content (AvgIpc) is 2.45. The Morgan fingerprint density at radius 1 is 1.27 bits per heavy atom. The van der Waals surface area contributed by atoms with Crippen molar-refractivity contribution in [2.45, 2.75) is 32.9 Å². The van der Waals surface area contributed by atoms with Crippen molar-refractivity contribution in [3.63, 3.8) is 0 Å². The minimum absolute atomic E-state index is 0.118. The van der Waals surface area contributed by atoms with Gasteiger partial charge in [0.2, 0.25) is 10.0 Å². The lowest BCUT2D eigenvalue weighted by Crippen LogP contribution is -2.42. The fraction of sp³-hybridized carbons (Fsp3) is 0.533. The zero-order valence-corrected chi connectivity index (χ0v) is 13.8. The quantitative estimate of drug-likeness (QED) is 0.661. The molecule has 0 saturated heterocycles. The van der Waals surface area contributed by atoms with E-state index in [0.717, 1.165) is 9.87 Å². The average molecular weight is 329 g/mol. The molecule has 1 N–H and O–H groups in total. The molecule has 1 aromatic carbocycles. The molecule has 0 amide bonds. The van der Waals surface area contributed by atoms with Crippen LogP contribution < -0.4 is 0 Å². The van der Waals surface area contributed by atoms with Crippen LogP contribution in [0.3, 0.4) is 0 Å². The number of carboxylic acids is 1. The van der Waals surface area contributed by atoms with Crippen molar-refractivity contribution < 1.29 is 23.1 Å². The van der Waals surface area contributed by atoms with Gasteiger partial charge >= 0.3 is 5.97 Å². The Bertz CT molecular complexity index is 557. The standard InChI is InChI=1S/C15H23NO5S/c1-13(2)16(11-15(17)18)22(19,20)10-6-9-21-12-14-7-4-3-5-8-14/h3-5,7-8,13H,6,9-12H2,1-2H3,(H,17,18). The molecule has 22 heavy (non-hydrogen) atoms. The second-order valence-corrected chi connectivity index (χ2v) is 7.28. The Hall–Kier alpha value is -1.44. The van der Waals surface area contributed by atoms with Crippen LogP contribution in [0.5, 0.6) is 0 Å². The predicted octanol–water partition coefficient (Wildman–Crippen LogP) is 1.72. The van der Waals surface area contributed by atoms with E-state index in [-0.39, 0.29) is 11.8 Å². The molecule has 1 aromatic rings. The molecule has 124 valence electrons. The molecule has 0 radical (unpaired) electrons. The number of benzene rings is 1. The van der Waals surface area contributed by atoms with Gasteiger partial charge in [0, 0.05) is 12.6 Å². The maximum absolute atomic E-state index is 12.1. The summed E-state index contributed by atoms with van der Waals surface area (Å²) >= 11 is 0. The first-order chi connectivity index (χ1) is 10.3. The van der Waals surface area contributed by atoms with Crippen LogP contribution in [0.4, 0.5) is 0 Å². The van der Waals surface area contributed by atoms with Gasteiger partial charge in [0.05, 0.1) is 12.4 Å². The van der Waals surface area contributed by atoms with Crippen LogP contribution >= 0.6 is 0 Å². The molecular weight excluding hydrogens is 306 g/mol. The largest absolute Gasteiger partial charge is 0.480 e. The Labute approximate surface area is 131 Å². The molecule has 0 atom stereocenters. The van der Waals surface area contributed by atoms with Gasteiger partial charge in [-0.3, -0.25) is 4.79 Å². The zero-order chi connectivity index (χ0) is 16.6. The third-order valence-corrected chi connectivity index (χ3v) is 5.10. The highest BCUT2D eigenvalue weighted by Gasteiger charge is 2.26. The van der Waals surface area contributed by atoms with E-state index in [1.165, 1.54) is 0 Å². The number of carbonyl (C=O) groups is 1. The Morgan fingerprint density at radius 3 is 2.45 bits per heavy atom. The summed E-state index contributed by atoms with van der Waals surface area (Å²) in [5.74, 6) is -1.27. The van der Waals surface area contributed by atoms with Crippen molar-refractivity contribution in [3.8, 4) is 0 Å². The van der Waals surface area contributed by atoms with Crippen LogP contribution in [0.1, 0.15) is 25.8 Å². The van der Waals surface area contributed by atoms with Crippen LogP contribution in [0, 0.1) is 0 Å². The number of carboxylic acid groups (broad SMARTS) is 1. The van der Waals surface area contributed by atoms with Gasteiger partial charge in [0.1, 0.15) is 6.54 Å². The van der Waals surface area contributed by atoms with Crippen molar-refractivity contribution in [2.24, 2.45) is 0 Å². The van der Waals surface area contributed by atoms with E-state index in [1.807, 2.05) is 30.3 Å². The number of nitrogens with zero attached hydrogens (tertiary/aromatic N) is 1. The predicted molar refractivity (Wildman–Crippen MR) is 84.0 cm³/mol. The molecule has 0 aromatic heterocycles.